The molecule has 2 fully saturated rings. The van der Waals surface area contributed by atoms with Gasteiger partial charge in [-0.2, -0.15) is 4.72 Å². The van der Waals surface area contributed by atoms with Crippen LogP contribution in [-0.4, -0.2) is 39.0 Å². The molecule has 1 aromatic rings. The van der Waals surface area contributed by atoms with E-state index in [0.717, 1.165) is 18.4 Å². The highest BCUT2D eigenvalue weighted by Crippen LogP contribution is 2.65. The van der Waals surface area contributed by atoms with Gasteiger partial charge in [-0.05, 0) is 62.0 Å². The van der Waals surface area contributed by atoms with Crippen LogP contribution >= 0.6 is 0 Å². The van der Waals surface area contributed by atoms with Crippen LogP contribution in [0.25, 0.3) is 0 Å². The molecule has 2 bridgehead atoms. The highest BCUT2D eigenvalue weighted by molar-refractivity contribution is 7.89. The van der Waals surface area contributed by atoms with Crippen LogP contribution in [0.5, 0.6) is 0 Å². The van der Waals surface area contributed by atoms with Crippen LogP contribution in [0.1, 0.15) is 52.5 Å². The van der Waals surface area contributed by atoms with Crippen molar-refractivity contribution >= 4 is 21.9 Å². The molecule has 0 saturated heterocycles. The standard InChI is InChI=1S/C22H32N2O5S/c1-14-6-8-17(9-7-14)30(27,28)24-15(2)20(26)29-13-19(25)23-18-12-16-10-11-22(18,5)21(16,3)4/h6-9,15-16,18,24H,10-13H2,1-5H3,(H,23,25)/t15-,16?,18?,22?/m0/s1. The SMILES string of the molecule is Cc1ccc(S(=O)(=O)N[C@@H](C)C(=O)OCC(=O)NC2CC3CCC2(C)C3(C)C)cc1. The summed E-state index contributed by atoms with van der Waals surface area (Å²) in [5.41, 5.74) is 1.14. The molecule has 0 aliphatic heterocycles. The van der Waals surface area contributed by atoms with Gasteiger partial charge in [0.05, 0.1) is 4.90 Å². The van der Waals surface area contributed by atoms with E-state index >= 15 is 0 Å². The zero-order valence-electron chi connectivity index (χ0n) is 18.3. The van der Waals surface area contributed by atoms with E-state index < -0.39 is 28.6 Å². The summed E-state index contributed by atoms with van der Waals surface area (Å²) in [6.07, 6.45) is 3.20. The van der Waals surface area contributed by atoms with Crippen molar-refractivity contribution < 1.29 is 22.7 Å². The fourth-order valence-electron chi connectivity index (χ4n) is 4.99. The minimum absolute atomic E-state index is 0.0360. The number of carbonyl (C=O) groups excluding carboxylic acids is 2. The number of rotatable bonds is 7. The summed E-state index contributed by atoms with van der Waals surface area (Å²) in [6.45, 7) is 9.57. The van der Waals surface area contributed by atoms with Crippen molar-refractivity contribution in [1.29, 1.82) is 0 Å². The van der Waals surface area contributed by atoms with Crippen LogP contribution < -0.4 is 10.0 Å². The van der Waals surface area contributed by atoms with Crippen LogP contribution in [0.2, 0.25) is 0 Å². The summed E-state index contributed by atoms with van der Waals surface area (Å²) in [5, 5.41) is 3.03. The number of ether oxygens (including phenoxy) is 1. The van der Waals surface area contributed by atoms with Gasteiger partial charge in [0.2, 0.25) is 10.0 Å². The van der Waals surface area contributed by atoms with E-state index in [4.69, 9.17) is 4.74 Å². The van der Waals surface area contributed by atoms with Crippen molar-refractivity contribution in [2.45, 2.75) is 70.9 Å². The maximum absolute atomic E-state index is 12.4. The Balaban J connectivity index is 1.50. The van der Waals surface area contributed by atoms with Crippen LogP contribution in [0, 0.1) is 23.7 Å². The van der Waals surface area contributed by atoms with E-state index in [0.29, 0.717) is 5.92 Å². The smallest absolute Gasteiger partial charge is 0.324 e. The Morgan fingerprint density at radius 2 is 1.83 bits per heavy atom. The lowest BCUT2D eigenvalue weighted by atomic mass is 9.69. The number of fused-ring (bicyclic) bond motifs is 2. The van der Waals surface area contributed by atoms with Crippen LogP contribution in [0.15, 0.2) is 29.2 Å². The van der Waals surface area contributed by atoms with Gasteiger partial charge in [0.15, 0.2) is 6.61 Å². The Hall–Kier alpha value is -1.93. The van der Waals surface area contributed by atoms with E-state index in [2.05, 4.69) is 30.8 Å². The molecule has 2 saturated carbocycles. The first-order valence-corrected chi connectivity index (χ1v) is 11.9. The molecule has 4 atom stereocenters. The predicted molar refractivity (Wildman–Crippen MR) is 113 cm³/mol. The van der Waals surface area contributed by atoms with Crippen LogP contribution in [0.3, 0.4) is 0 Å². The lowest BCUT2D eigenvalue weighted by Gasteiger charge is -2.39. The maximum atomic E-state index is 12.4. The van der Waals surface area contributed by atoms with Crippen LogP contribution in [0.4, 0.5) is 0 Å². The molecule has 1 amide bonds. The normalized spacial score (nSPS) is 28.2. The van der Waals surface area contributed by atoms with E-state index in [9.17, 15) is 18.0 Å². The molecule has 7 nitrogen and oxygen atoms in total. The second kappa shape index (κ2) is 7.96. The lowest BCUT2D eigenvalue weighted by molar-refractivity contribution is -0.150. The number of amides is 1. The topological polar surface area (TPSA) is 102 Å². The van der Waals surface area contributed by atoms with Crippen molar-refractivity contribution in [2.75, 3.05) is 6.61 Å². The van der Waals surface area contributed by atoms with Crippen molar-refractivity contribution in [1.82, 2.24) is 10.0 Å². The van der Waals surface area contributed by atoms with Gasteiger partial charge >= 0.3 is 5.97 Å². The number of aryl methyl sites for hydroxylation is 1. The van der Waals surface area contributed by atoms with Gasteiger partial charge in [0, 0.05) is 6.04 Å². The molecule has 166 valence electrons. The number of benzene rings is 1. The number of esters is 1. The first-order chi connectivity index (χ1) is 13.9. The van der Waals surface area contributed by atoms with E-state index in [-0.39, 0.29) is 27.7 Å². The predicted octanol–water partition coefficient (Wildman–Crippen LogP) is 2.54. The summed E-state index contributed by atoms with van der Waals surface area (Å²) in [4.78, 5) is 24.6. The Labute approximate surface area is 179 Å². The third-order valence-corrected chi connectivity index (χ3v) is 9.05. The minimum Gasteiger partial charge on any atom is -0.454 e. The van der Waals surface area contributed by atoms with Crippen LogP contribution in [-0.2, 0) is 24.3 Å². The zero-order chi connectivity index (χ0) is 22.3. The van der Waals surface area contributed by atoms with E-state index in [1.54, 1.807) is 12.1 Å². The third kappa shape index (κ3) is 4.12. The van der Waals surface area contributed by atoms with Crippen molar-refractivity contribution in [2.24, 2.45) is 16.7 Å². The Morgan fingerprint density at radius 3 is 2.37 bits per heavy atom. The lowest BCUT2D eigenvalue weighted by Crippen LogP contribution is -2.48. The number of carbonyl (C=O) groups is 2. The summed E-state index contributed by atoms with van der Waals surface area (Å²) in [5.74, 6) is -0.557. The van der Waals surface area contributed by atoms with E-state index in [1.807, 2.05) is 6.92 Å². The molecule has 30 heavy (non-hydrogen) atoms. The molecule has 1 aromatic carbocycles. The van der Waals surface area contributed by atoms with Crippen molar-refractivity contribution in [3.8, 4) is 0 Å². The number of hydrogen-bond acceptors (Lipinski definition) is 5. The Bertz CT molecular complexity index is 925. The first kappa shape index (κ1) is 22.7. The Kier molecular flexibility index (Phi) is 6.04. The number of nitrogens with one attached hydrogen (secondary N) is 2. The molecule has 0 spiro atoms. The highest BCUT2D eigenvalue weighted by Gasteiger charge is 2.61. The summed E-state index contributed by atoms with van der Waals surface area (Å²) in [7, 11) is -3.86. The van der Waals surface area contributed by atoms with Gasteiger partial charge in [-0.25, -0.2) is 8.42 Å². The molecule has 0 heterocycles. The fourth-order valence-corrected chi connectivity index (χ4v) is 6.18. The minimum atomic E-state index is -3.86. The van der Waals surface area contributed by atoms with Gasteiger partial charge in [0.25, 0.3) is 5.91 Å². The average molecular weight is 437 g/mol. The summed E-state index contributed by atoms with van der Waals surface area (Å²) in [6, 6.07) is 5.26. The average Bonchev–Trinajstić information content (AvgIpc) is 2.99. The molecule has 8 heteroatoms. The molecule has 2 aliphatic carbocycles. The molecule has 3 rings (SSSR count). The van der Waals surface area contributed by atoms with E-state index in [1.165, 1.54) is 25.5 Å². The Morgan fingerprint density at radius 1 is 1.20 bits per heavy atom. The molecule has 2 aliphatic rings. The van der Waals surface area contributed by atoms with Gasteiger partial charge in [-0.1, -0.05) is 38.5 Å². The molecule has 0 aromatic heterocycles. The highest BCUT2D eigenvalue weighted by atomic mass is 32.2. The number of hydrogen-bond donors (Lipinski definition) is 2. The molecular formula is C22H32N2O5S. The first-order valence-electron chi connectivity index (χ1n) is 10.4. The molecule has 3 unspecified atom stereocenters. The molecule has 0 radical (unpaired) electrons. The molecular weight excluding hydrogens is 404 g/mol. The second-order valence-corrected chi connectivity index (χ2v) is 11.2. The zero-order valence-corrected chi connectivity index (χ0v) is 19.1. The van der Waals surface area contributed by atoms with Gasteiger partial charge in [0.1, 0.15) is 6.04 Å². The van der Waals surface area contributed by atoms with Crippen molar-refractivity contribution in [3.05, 3.63) is 29.8 Å². The van der Waals surface area contributed by atoms with Crippen molar-refractivity contribution in [3.63, 3.8) is 0 Å². The third-order valence-electron chi connectivity index (χ3n) is 7.49. The summed E-state index contributed by atoms with van der Waals surface area (Å²) >= 11 is 0. The number of sulfonamides is 1. The van der Waals surface area contributed by atoms with Gasteiger partial charge < -0.3 is 10.1 Å². The monoisotopic (exact) mass is 436 g/mol. The largest absolute Gasteiger partial charge is 0.454 e. The maximum Gasteiger partial charge on any atom is 0.324 e. The summed E-state index contributed by atoms with van der Waals surface area (Å²) < 4.78 is 32.2. The van der Waals surface area contributed by atoms with Gasteiger partial charge in [-0.3, -0.25) is 9.59 Å². The quantitative estimate of drug-likeness (QED) is 0.640. The second-order valence-electron chi connectivity index (χ2n) is 9.49. The fraction of sp³-hybridized carbons (Fsp3) is 0.636. The van der Waals surface area contributed by atoms with Gasteiger partial charge in [-0.15, -0.1) is 0 Å². The molecule has 2 N–H and O–H groups in total.